The number of ether oxygens (including phenoxy) is 1. The van der Waals surface area contributed by atoms with E-state index in [1.807, 2.05) is 19.1 Å². The maximum absolute atomic E-state index is 12.7. The second-order valence-corrected chi connectivity index (χ2v) is 12.2. The van der Waals surface area contributed by atoms with Crippen molar-refractivity contribution in [3.63, 3.8) is 0 Å². The third kappa shape index (κ3) is 5.50. The molecular formula is C34H32N2O4S. The van der Waals surface area contributed by atoms with Crippen LogP contribution in [-0.2, 0) is 10.1 Å². The molecule has 0 unspecified atom stereocenters. The molecule has 0 radical (unpaired) electrons. The van der Waals surface area contributed by atoms with Crippen LogP contribution in [0.4, 0.5) is 11.4 Å². The van der Waals surface area contributed by atoms with Gasteiger partial charge < -0.3 is 14.2 Å². The Hall–Kier alpha value is -4.36. The number of hydrogen-bond donors (Lipinski definition) is 1. The van der Waals surface area contributed by atoms with Crippen molar-refractivity contribution < 1.29 is 17.3 Å². The highest BCUT2D eigenvalue weighted by Crippen LogP contribution is 2.50. The maximum Gasteiger partial charge on any atom is 0.339 e. The van der Waals surface area contributed by atoms with E-state index in [4.69, 9.17) is 8.92 Å². The van der Waals surface area contributed by atoms with Crippen LogP contribution in [0, 0.1) is 19.8 Å². The smallest absolute Gasteiger partial charge is 0.339 e. The zero-order valence-electron chi connectivity index (χ0n) is 23.2. The molecule has 1 N–H and O–H groups in total. The molecule has 0 fully saturated rings. The van der Waals surface area contributed by atoms with Crippen LogP contribution in [0.2, 0.25) is 0 Å². The summed E-state index contributed by atoms with van der Waals surface area (Å²) in [5, 5.41) is 3.79. The van der Waals surface area contributed by atoms with Crippen LogP contribution in [0.3, 0.4) is 0 Å². The first kappa shape index (κ1) is 26.8. The molecule has 0 amide bonds. The van der Waals surface area contributed by atoms with E-state index in [0.717, 1.165) is 23.2 Å². The van der Waals surface area contributed by atoms with Crippen LogP contribution in [0.15, 0.2) is 107 Å². The standard InChI is InChI=1S/C34H32N2O4S/c1-22-7-15-27(16-8-22)41(37,38)40-32-18-10-24(20-33(32)39-3)21-35-26-13-11-25(12-14-26)34-29-6-4-5-28(29)30-19-23(2)9-17-31(30)36-34/h4-5,7-21,28-29,34,36H,6H2,1-3H3/t28-,29-,34+/m1/s1. The van der Waals surface area contributed by atoms with E-state index < -0.39 is 10.1 Å². The summed E-state index contributed by atoms with van der Waals surface area (Å²) in [7, 11) is -2.52. The Morgan fingerprint density at radius 2 is 1.63 bits per heavy atom. The largest absolute Gasteiger partial charge is 0.493 e. The summed E-state index contributed by atoms with van der Waals surface area (Å²) in [5.41, 5.74) is 7.68. The molecule has 4 aromatic rings. The Kier molecular flexibility index (Phi) is 7.14. The number of fused-ring (bicyclic) bond motifs is 3. The van der Waals surface area contributed by atoms with Gasteiger partial charge >= 0.3 is 10.1 Å². The van der Waals surface area contributed by atoms with Crippen LogP contribution in [-0.4, -0.2) is 21.7 Å². The molecule has 4 aromatic carbocycles. The minimum absolute atomic E-state index is 0.0849. The quantitative estimate of drug-likeness (QED) is 0.142. The highest BCUT2D eigenvalue weighted by atomic mass is 32.2. The minimum Gasteiger partial charge on any atom is -0.493 e. The molecule has 41 heavy (non-hydrogen) atoms. The summed E-state index contributed by atoms with van der Waals surface area (Å²) < 4.78 is 36.3. The summed E-state index contributed by atoms with van der Waals surface area (Å²) in [6.07, 6.45) is 7.45. The Labute approximate surface area is 241 Å². The van der Waals surface area contributed by atoms with Gasteiger partial charge in [-0.1, -0.05) is 59.7 Å². The normalized spacial score (nSPS) is 19.4. The first-order valence-corrected chi connectivity index (χ1v) is 15.1. The predicted octanol–water partition coefficient (Wildman–Crippen LogP) is 7.66. The molecule has 0 saturated carbocycles. The van der Waals surface area contributed by atoms with Crippen LogP contribution >= 0.6 is 0 Å². The average molecular weight is 565 g/mol. The number of anilines is 1. The van der Waals surface area contributed by atoms with E-state index >= 15 is 0 Å². The van der Waals surface area contributed by atoms with Crippen molar-refractivity contribution in [1.29, 1.82) is 0 Å². The van der Waals surface area contributed by atoms with Gasteiger partial charge in [-0.05, 0) is 91.4 Å². The Balaban J connectivity index is 1.17. The molecule has 2 aliphatic rings. The Morgan fingerprint density at radius 1 is 0.878 bits per heavy atom. The van der Waals surface area contributed by atoms with E-state index in [0.29, 0.717) is 17.6 Å². The molecule has 0 spiro atoms. The molecule has 208 valence electrons. The molecule has 0 aromatic heterocycles. The molecule has 6 nitrogen and oxygen atoms in total. The third-order valence-electron chi connectivity index (χ3n) is 7.83. The molecule has 0 saturated heterocycles. The predicted molar refractivity (Wildman–Crippen MR) is 163 cm³/mol. The van der Waals surface area contributed by atoms with Crippen molar-refractivity contribution in [3.05, 3.63) is 125 Å². The van der Waals surface area contributed by atoms with Gasteiger partial charge in [0.25, 0.3) is 0 Å². The van der Waals surface area contributed by atoms with Gasteiger partial charge in [0.1, 0.15) is 4.90 Å². The Morgan fingerprint density at radius 3 is 2.39 bits per heavy atom. The lowest BCUT2D eigenvalue weighted by Gasteiger charge is -2.37. The van der Waals surface area contributed by atoms with Crippen LogP contribution < -0.4 is 14.2 Å². The second kappa shape index (κ2) is 10.9. The van der Waals surface area contributed by atoms with Gasteiger partial charge in [0.15, 0.2) is 11.5 Å². The molecule has 1 aliphatic heterocycles. The summed E-state index contributed by atoms with van der Waals surface area (Å²) in [4.78, 5) is 4.72. The highest BCUT2D eigenvalue weighted by Gasteiger charge is 2.37. The number of hydrogen-bond acceptors (Lipinski definition) is 6. The third-order valence-corrected chi connectivity index (χ3v) is 9.08. The summed E-state index contributed by atoms with van der Waals surface area (Å²) in [6, 6.07) is 26.8. The molecule has 1 heterocycles. The average Bonchev–Trinajstić information content (AvgIpc) is 3.47. The number of aliphatic imine (C=N–C) groups is 1. The summed E-state index contributed by atoms with van der Waals surface area (Å²) in [5.74, 6) is 1.34. The van der Waals surface area contributed by atoms with Gasteiger partial charge in [0, 0.05) is 17.8 Å². The fraction of sp³-hybridized carbons (Fsp3) is 0.206. The van der Waals surface area contributed by atoms with E-state index in [9.17, 15) is 8.42 Å². The first-order valence-electron chi connectivity index (χ1n) is 13.7. The van der Waals surface area contributed by atoms with Crippen LogP contribution in [0.1, 0.15) is 46.2 Å². The Bertz CT molecular complexity index is 1740. The van der Waals surface area contributed by atoms with Crippen LogP contribution in [0.25, 0.3) is 0 Å². The summed E-state index contributed by atoms with van der Waals surface area (Å²) >= 11 is 0. The summed E-state index contributed by atoms with van der Waals surface area (Å²) in [6.45, 7) is 4.04. The maximum atomic E-state index is 12.7. The van der Waals surface area contributed by atoms with Crippen molar-refractivity contribution in [2.75, 3.05) is 12.4 Å². The zero-order chi connectivity index (χ0) is 28.6. The molecule has 6 rings (SSSR count). The zero-order valence-corrected chi connectivity index (χ0v) is 24.1. The number of benzene rings is 4. The SMILES string of the molecule is COc1cc(C=Nc2ccc([C@@H]3Nc4ccc(C)cc4[C@@H]4C=CC[C@H]43)cc2)ccc1OS(=O)(=O)c1ccc(C)cc1. The highest BCUT2D eigenvalue weighted by molar-refractivity contribution is 7.87. The fourth-order valence-electron chi connectivity index (χ4n) is 5.67. The van der Waals surface area contributed by atoms with Crippen molar-refractivity contribution in [2.24, 2.45) is 10.9 Å². The van der Waals surface area contributed by atoms with Gasteiger partial charge in [-0.25, -0.2) is 0 Å². The molecule has 7 heteroatoms. The number of nitrogens with zero attached hydrogens (tertiary/aromatic N) is 1. The number of methoxy groups -OCH3 is 1. The minimum atomic E-state index is -3.99. The number of rotatable bonds is 7. The molecule has 1 aliphatic carbocycles. The van der Waals surface area contributed by atoms with E-state index in [1.165, 1.54) is 41.6 Å². The second-order valence-electron chi connectivity index (χ2n) is 10.7. The van der Waals surface area contributed by atoms with Crippen molar-refractivity contribution in [2.45, 2.75) is 37.1 Å². The molecule has 3 atom stereocenters. The van der Waals surface area contributed by atoms with Gasteiger partial charge in [-0.3, -0.25) is 4.99 Å². The van der Waals surface area contributed by atoms with Gasteiger partial charge in [-0.2, -0.15) is 8.42 Å². The molecule has 0 bridgehead atoms. The topological polar surface area (TPSA) is 77.0 Å². The monoisotopic (exact) mass is 564 g/mol. The van der Waals surface area contributed by atoms with Crippen molar-refractivity contribution in [3.8, 4) is 11.5 Å². The number of aryl methyl sites for hydroxylation is 2. The lowest BCUT2D eigenvalue weighted by Crippen LogP contribution is -2.29. The first-order chi connectivity index (χ1) is 19.8. The van der Waals surface area contributed by atoms with Gasteiger partial charge in [0.05, 0.1) is 18.8 Å². The van der Waals surface area contributed by atoms with E-state index in [2.05, 4.69) is 59.7 Å². The lowest BCUT2D eigenvalue weighted by atomic mass is 9.76. The van der Waals surface area contributed by atoms with E-state index in [1.54, 1.807) is 36.5 Å². The van der Waals surface area contributed by atoms with Crippen molar-refractivity contribution in [1.82, 2.24) is 0 Å². The number of allylic oxidation sites excluding steroid dienone is 2. The van der Waals surface area contributed by atoms with Gasteiger partial charge in [-0.15, -0.1) is 0 Å². The van der Waals surface area contributed by atoms with Crippen LogP contribution in [0.5, 0.6) is 11.5 Å². The van der Waals surface area contributed by atoms with Gasteiger partial charge in [0.2, 0.25) is 0 Å². The molecular weight excluding hydrogens is 532 g/mol. The fourth-order valence-corrected chi connectivity index (χ4v) is 6.60. The van der Waals surface area contributed by atoms with Crippen molar-refractivity contribution >= 4 is 27.7 Å². The van der Waals surface area contributed by atoms with E-state index in [-0.39, 0.29) is 16.7 Å². The number of nitrogens with one attached hydrogen (secondary N) is 1. The lowest BCUT2D eigenvalue weighted by molar-refractivity contribution is 0.390.